The maximum absolute atomic E-state index is 12.6. The molecule has 0 atom stereocenters. The first-order chi connectivity index (χ1) is 12.4. The van der Waals surface area contributed by atoms with Crippen molar-refractivity contribution in [1.29, 1.82) is 0 Å². The van der Waals surface area contributed by atoms with E-state index in [4.69, 9.17) is 11.6 Å². The Morgan fingerprint density at radius 1 is 1.31 bits per heavy atom. The largest absolute Gasteiger partial charge is 0.364 e. The van der Waals surface area contributed by atoms with Gasteiger partial charge in [0.1, 0.15) is 10.8 Å². The topological polar surface area (TPSA) is 99.1 Å². The molecule has 2 heterocycles. The van der Waals surface area contributed by atoms with E-state index in [1.807, 2.05) is 17.8 Å². The second kappa shape index (κ2) is 6.96. The molecule has 134 valence electrons. The number of hydrogen-bond acceptors (Lipinski definition) is 6. The van der Waals surface area contributed by atoms with Crippen LogP contribution in [-0.2, 0) is 13.6 Å². The molecule has 0 unspecified atom stereocenters. The van der Waals surface area contributed by atoms with Crippen LogP contribution in [0.15, 0.2) is 47.7 Å². The minimum Gasteiger partial charge on any atom is -0.364 e. The number of non-ortho nitro benzene ring substituents is 1. The zero-order valence-corrected chi connectivity index (χ0v) is 14.8. The van der Waals surface area contributed by atoms with E-state index in [1.165, 1.54) is 30.5 Å². The van der Waals surface area contributed by atoms with Crippen LogP contribution in [0.1, 0.15) is 5.82 Å². The molecule has 3 aromatic rings. The average Bonchev–Trinajstić information content (AvgIpc) is 3.02. The molecule has 26 heavy (non-hydrogen) atoms. The number of nitro benzene ring substituents is 1. The summed E-state index contributed by atoms with van der Waals surface area (Å²) in [5, 5.41) is 14.9. The van der Waals surface area contributed by atoms with E-state index in [1.54, 1.807) is 18.1 Å². The molecule has 0 radical (unpaired) electrons. The summed E-state index contributed by atoms with van der Waals surface area (Å²) in [6, 6.07) is 5.50. The third-order valence-electron chi connectivity index (χ3n) is 3.92. The normalized spacial score (nSPS) is 10.7. The molecule has 9 nitrogen and oxygen atoms in total. The van der Waals surface area contributed by atoms with E-state index in [0.717, 1.165) is 10.5 Å². The highest BCUT2D eigenvalue weighted by Crippen LogP contribution is 2.22. The van der Waals surface area contributed by atoms with Crippen molar-refractivity contribution < 1.29 is 4.92 Å². The van der Waals surface area contributed by atoms with Gasteiger partial charge in [0, 0.05) is 38.6 Å². The molecule has 0 saturated heterocycles. The van der Waals surface area contributed by atoms with E-state index in [9.17, 15) is 14.9 Å². The van der Waals surface area contributed by atoms with Gasteiger partial charge in [0.2, 0.25) is 0 Å². The van der Waals surface area contributed by atoms with Crippen molar-refractivity contribution in [3.05, 3.63) is 74.2 Å². The molecule has 0 aliphatic heterocycles. The van der Waals surface area contributed by atoms with Gasteiger partial charge in [-0.1, -0.05) is 11.6 Å². The minimum absolute atomic E-state index is 0.00932. The number of nitro groups is 1. The van der Waals surface area contributed by atoms with Crippen molar-refractivity contribution >= 4 is 23.0 Å². The van der Waals surface area contributed by atoms with Gasteiger partial charge in [-0.3, -0.25) is 14.9 Å². The molecule has 0 N–H and O–H groups in total. The summed E-state index contributed by atoms with van der Waals surface area (Å²) < 4.78 is 2.97. The van der Waals surface area contributed by atoms with Crippen molar-refractivity contribution in [1.82, 2.24) is 19.3 Å². The molecule has 0 saturated carbocycles. The van der Waals surface area contributed by atoms with Gasteiger partial charge in [-0.2, -0.15) is 9.78 Å². The molecule has 0 spiro atoms. The summed E-state index contributed by atoms with van der Waals surface area (Å²) in [6.45, 7) is 0.450. The monoisotopic (exact) mass is 374 g/mol. The molecule has 0 aliphatic rings. The SMILES string of the molecule is CN(Cc1nccn1C)c1cnn(-c2ccc([N+](=O)[O-])cc2)c(=O)c1Cl. The second-order valence-corrected chi connectivity index (χ2v) is 6.02. The number of aromatic nitrogens is 4. The van der Waals surface area contributed by atoms with Crippen LogP contribution >= 0.6 is 11.6 Å². The first kappa shape index (κ1) is 17.6. The number of aryl methyl sites for hydroxylation is 1. The number of rotatable bonds is 5. The zero-order chi connectivity index (χ0) is 18.8. The molecule has 0 bridgehead atoms. The van der Waals surface area contributed by atoms with Crippen molar-refractivity contribution in [2.24, 2.45) is 7.05 Å². The molecule has 10 heteroatoms. The van der Waals surface area contributed by atoms with Gasteiger partial charge in [0.05, 0.1) is 29.0 Å². The van der Waals surface area contributed by atoms with Gasteiger partial charge < -0.3 is 9.47 Å². The molecule has 1 aromatic carbocycles. The van der Waals surface area contributed by atoms with E-state index in [0.29, 0.717) is 17.9 Å². The molecule has 3 rings (SSSR count). The van der Waals surface area contributed by atoms with Crippen LogP contribution in [0.25, 0.3) is 5.69 Å². The molecule has 0 amide bonds. The number of anilines is 1. The maximum atomic E-state index is 12.6. The Morgan fingerprint density at radius 2 is 2.00 bits per heavy atom. The van der Waals surface area contributed by atoms with E-state index in [2.05, 4.69) is 10.1 Å². The van der Waals surface area contributed by atoms with Gasteiger partial charge in [0.25, 0.3) is 11.2 Å². The van der Waals surface area contributed by atoms with Crippen molar-refractivity contribution in [3.63, 3.8) is 0 Å². The summed E-state index contributed by atoms with van der Waals surface area (Å²) in [6.07, 6.45) is 5.00. The van der Waals surface area contributed by atoms with E-state index >= 15 is 0 Å². The fraction of sp³-hybridized carbons (Fsp3) is 0.188. The molecular weight excluding hydrogens is 360 g/mol. The van der Waals surface area contributed by atoms with E-state index in [-0.39, 0.29) is 10.7 Å². The Balaban J connectivity index is 1.92. The number of imidazole rings is 1. The van der Waals surface area contributed by atoms with Gasteiger partial charge in [-0.15, -0.1) is 0 Å². The summed E-state index contributed by atoms with van der Waals surface area (Å²) in [4.78, 5) is 28.8. The predicted molar refractivity (Wildman–Crippen MR) is 96.8 cm³/mol. The number of hydrogen-bond donors (Lipinski definition) is 0. The van der Waals surface area contributed by atoms with Crippen molar-refractivity contribution in [2.45, 2.75) is 6.54 Å². The van der Waals surface area contributed by atoms with Gasteiger partial charge >= 0.3 is 0 Å². The Hall–Kier alpha value is -3.20. The van der Waals surface area contributed by atoms with Crippen LogP contribution in [0.4, 0.5) is 11.4 Å². The van der Waals surface area contributed by atoms with Crippen molar-refractivity contribution in [2.75, 3.05) is 11.9 Å². The summed E-state index contributed by atoms with van der Waals surface area (Å²) in [5.74, 6) is 0.808. The Kier molecular flexibility index (Phi) is 4.72. The Morgan fingerprint density at radius 3 is 2.58 bits per heavy atom. The fourth-order valence-corrected chi connectivity index (χ4v) is 2.71. The lowest BCUT2D eigenvalue weighted by Crippen LogP contribution is -2.26. The fourth-order valence-electron chi connectivity index (χ4n) is 2.44. The van der Waals surface area contributed by atoms with Crippen LogP contribution in [0.2, 0.25) is 5.02 Å². The van der Waals surface area contributed by atoms with Gasteiger partial charge in [-0.05, 0) is 12.1 Å². The average molecular weight is 375 g/mol. The van der Waals surface area contributed by atoms with Crippen LogP contribution in [0, 0.1) is 10.1 Å². The smallest absolute Gasteiger partial charge is 0.292 e. The van der Waals surface area contributed by atoms with Gasteiger partial charge in [0.15, 0.2) is 0 Å². The van der Waals surface area contributed by atoms with Crippen LogP contribution < -0.4 is 10.5 Å². The second-order valence-electron chi connectivity index (χ2n) is 5.64. The minimum atomic E-state index is -0.511. The van der Waals surface area contributed by atoms with Gasteiger partial charge in [-0.25, -0.2) is 4.98 Å². The molecule has 2 aromatic heterocycles. The number of nitrogens with zero attached hydrogens (tertiary/aromatic N) is 6. The third kappa shape index (κ3) is 3.29. The highest BCUT2D eigenvalue weighted by Gasteiger charge is 2.16. The highest BCUT2D eigenvalue weighted by molar-refractivity contribution is 6.33. The predicted octanol–water partition coefficient (Wildman–Crippen LogP) is 2.16. The lowest BCUT2D eigenvalue weighted by Gasteiger charge is -2.20. The highest BCUT2D eigenvalue weighted by atomic mass is 35.5. The lowest BCUT2D eigenvalue weighted by atomic mass is 10.3. The molecule has 0 fully saturated rings. The third-order valence-corrected chi connectivity index (χ3v) is 4.27. The first-order valence-electron chi connectivity index (χ1n) is 7.58. The summed E-state index contributed by atoms with van der Waals surface area (Å²) in [7, 11) is 3.66. The standard InChI is InChI=1S/C16H15ClN6O3/c1-20-8-7-18-14(20)10-21(2)13-9-19-22(16(24)15(13)17)11-3-5-12(6-4-11)23(25)26/h3-9H,10H2,1-2H3. The Bertz CT molecular complexity index is 1010. The van der Waals surface area contributed by atoms with Crippen LogP contribution in [0.5, 0.6) is 0 Å². The van der Waals surface area contributed by atoms with E-state index < -0.39 is 10.5 Å². The number of halogens is 1. The quantitative estimate of drug-likeness (QED) is 0.501. The van der Waals surface area contributed by atoms with Crippen LogP contribution in [-0.4, -0.2) is 31.3 Å². The molecule has 0 aliphatic carbocycles. The van der Waals surface area contributed by atoms with Crippen molar-refractivity contribution in [3.8, 4) is 5.69 Å². The van der Waals surface area contributed by atoms with Crippen LogP contribution in [0.3, 0.4) is 0 Å². The summed E-state index contributed by atoms with van der Waals surface area (Å²) in [5.41, 5.74) is 0.280. The Labute approximate surface area is 153 Å². The first-order valence-corrected chi connectivity index (χ1v) is 7.96. The summed E-state index contributed by atoms with van der Waals surface area (Å²) >= 11 is 6.25. The maximum Gasteiger partial charge on any atom is 0.292 e. The number of benzene rings is 1. The molecular formula is C16H15ClN6O3. The lowest BCUT2D eigenvalue weighted by molar-refractivity contribution is -0.384. The zero-order valence-electron chi connectivity index (χ0n) is 14.0.